The van der Waals surface area contributed by atoms with E-state index in [1.54, 1.807) is 24.3 Å². The number of rotatable bonds is 5. The Morgan fingerprint density at radius 1 is 1.43 bits per heavy atom. The molecule has 0 aliphatic rings. The van der Waals surface area contributed by atoms with Crippen molar-refractivity contribution in [3.63, 3.8) is 0 Å². The number of ether oxygens (including phenoxy) is 1. The second-order valence-electron chi connectivity index (χ2n) is 3.05. The smallest absolute Gasteiger partial charge is 0.197 e. The topological polar surface area (TPSA) is 46.5 Å². The van der Waals surface area contributed by atoms with E-state index in [9.17, 15) is 9.90 Å². The normalized spacial score (nSPS) is 12.1. The van der Waals surface area contributed by atoms with Crippen molar-refractivity contribution in [3.8, 4) is 5.75 Å². The van der Waals surface area contributed by atoms with Crippen LogP contribution in [0.15, 0.2) is 24.3 Å². The average molecular weight is 194 g/mol. The lowest BCUT2D eigenvalue weighted by Crippen LogP contribution is -2.14. The number of benzene rings is 1. The van der Waals surface area contributed by atoms with Crippen molar-refractivity contribution in [1.82, 2.24) is 0 Å². The lowest BCUT2D eigenvalue weighted by Gasteiger charge is -2.12. The van der Waals surface area contributed by atoms with Crippen LogP contribution in [0.2, 0.25) is 0 Å². The van der Waals surface area contributed by atoms with Gasteiger partial charge in [-0.25, -0.2) is 0 Å². The van der Waals surface area contributed by atoms with Gasteiger partial charge in [0.2, 0.25) is 0 Å². The summed E-state index contributed by atoms with van der Waals surface area (Å²) in [5, 5.41) is 9.34. The molecular weight excluding hydrogens is 180 g/mol. The van der Waals surface area contributed by atoms with Crippen LogP contribution in [0.1, 0.15) is 30.1 Å². The molecule has 0 aromatic heterocycles. The van der Waals surface area contributed by atoms with Crippen molar-refractivity contribution in [2.45, 2.75) is 26.1 Å². The van der Waals surface area contributed by atoms with Gasteiger partial charge in [-0.05, 0) is 24.3 Å². The first kappa shape index (κ1) is 10.7. The molecule has 1 aromatic carbocycles. The summed E-state index contributed by atoms with van der Waals surface area (Å²) in [6.45, 7) is 1.97. The zero-order valence-electron chi connectivity index (χ0n) is 8.14. The van der Waals surface area contributed by atoms with Gasteiger partial charge >= 0.3 is 0 Å². The predicted octanol–water partition coefficient (Wildman–Crippen LogP) is 2.00. The van der Waals surface area contributed by atoms with Crippen molar-refractivity contribution in [1.29, 1.82) is 0 Å². The number of carbonyl (C=O) groups is 1. The van der Waals surface area contributed by atoms with Crippen molar-refractivity contribution in [3.05, 3.63) is 29.8 Å². The van der Waals surface area contributed by atoms with Gasteiger partial charge in [-0.15, -0.1) is 0 Å². The number of aliphatic hydroxyl groups excluding tert-OH is 1. The number of carbonyl (C=O) groups excluding carboxylic acids is 1. The Hall–Kier alpha value is -1.35. The summed E-state index contributed by atoms with van der Waals surface area (Å²) in [5.74, 6) is 0.580. The molecule has 0 spiro atoms. The summed E-state index contributed by atoms with van der Waals surface area (Å²) < 4.78 is 5.19. The highest BCUT2D eigenvalue weighted by Gasteiger charge is 2.03. The summed E-state index contributed by atoms with van der Waals surface area (Å²) in [5.41, 5.74) is 0.599. The molecule has 0 saturated heterocycles. The van der Waals surface area contributed by atoms with E-state index in [4.69, 9.17) is 4.74 Å². The van der Waals surface area contributed by atoms with E-state index >= 15 is 0 Å². The van der Waals surface area contributed by atoms with Gasteiger partial charge in [0.1, 0.15) is 12.0 Å². The van der Waals surface area contributed by atoms with Gasteiger partial charge in [-0.1, -0.05) is 13.3 Å². The van der Waals surface area contributed by atoms with Gasteiger partial charge in [0.25, 0.3) is 0 Å². The molecule has 1 rings (SSSR count). The number of hydrogen-bond donors (Lipinski definition) is 1. The first-order valence-electron chi connectivity index (χ1n) is 4.66. The first-order valence-corrected chi connectivity index (χ1v) is 4.66. The molecule has 0 radical (unpaired) electrons. The Balaban J connectivity index is 2.55. The van der Waals surface area contributed by atoms with Crippen LogP contribution in [-0.4, -0.2) is 17.7 Å². The third-order valence-corrected chi connectivity index (χ3v) is 1.82. The van der Waals surface area contributed by atoms with Gasteiger partial charge in [0, 0.05) is 12.0 Å². The zero-order chi connectivity index (χ0) is 10.4. The summed E-state index contributed by atoms with van der Waals surface area (Å²) in [6.07, 6.45) is 1.48. The van der Waals surface area contributed by atoms with Gasteiger partial charge in [0.05, 0.1) is 0 Å². The maximum atomic E-state index is 10.4. The predicted molar refractivity (Wildman–Crippen MR) is 53.4 cm³/mol. The lowest BCUT2D eigenvalue weighted by atomic mass is 10.2. The summed E-state index contributed by atoms with van der Waals surface area (Å²) in [7, 11) is 0. The molecule has 0 saturated carbocycles. The maximum Gasteiger partial charge on any atom is 0.197 e. The second-order valence-corrected chi connectivity index (χ2v) is 3.05. The number of aldehydes is 1. The van der Waals surface area contributed by atoms with Gasteiger partial charge in [-0.2, -0.15) is 0 Å². The van der Waals surface area contributed by atoms with Crippen LogP contribution in [0.5, 0.6) is 5.75 Å². The molecule has 1 aromatic rings. The molecule has 0 fully saturated rings. The molecule has 3 heteroatoms. The van der Waals surface area contributed by atoms with Crippen LogP contribution in [-0.2, 0) is 0 Å². The van der Waals surface area contributed by atoms with Crippen LogP contribution in [0.25, 0.3) is 0 Å². The Labute approximate surface area is 83.3 Å². The fraction of sp³-hybridized carbons (Fsp3) is 0.364. The Kier molecular flexibility index (Phi) is 4.13. The molecule has 1 N–H and O–H groups in total. The van der Waals surface area contributed by atoms with E-state index in [0.717, 1.165) is 12.7 Å². The van der Waals surface area contributed by atoms with E-state index in [2.05, 4.69) is 0 Å². The van der Waals surface area contributed by atoms with Crippen molar-refractivity contribution in [2.75, 3.05) is 0 Å². The summed E-state index contributed by atoms with van der Waals surface area (Å²) in [4.78, 5) is 10.4. The van der Waals surface area contributed by atoms with E-state index in [1.807, 2.05) is 6.92 Å². The van der Waals surface area contributed by atoms with Crippen LogP contribution >= 0.6 is 0 Å². The molecule has 3 nitrogen and oxygen atoms in total. The van der Waals surface area contributed by atoms with Gasteiger partial charge in [0.15, 0.2) is 6.29 Å². The van der Waals surface area contributed by atoms with Crippen molar-refractivity contribution >= 4 is 6.29 Å². The molecule has 1 atom stereocenters. The molecule has 14 heavy (non-hydrogen) atoms. The minimum Gasteiger partial charge on any atom is -0.465 e. The molecule has 76 valence electrons. The van der Waals surface area contributed by atoms with Gasteiger partial charge < -0.3 is 9.84 Å². The summed E-state index contributed by atoms with van der Waals surface area (Å²) in [6, 6.07) is 6.65. The highest BCUT2D eigenvalue weighted by Crippen LogP contribution is 2.13. The SMILES string of the molecule is CCCC(O)Oc1ccc(C=O)cc1. The van der Waals surface area contributed by atoms with Crippen LogP contribution in [0, 0.1) is 0 Å². The average Bonchev–Trinajstić information content (AvgIpc) is 2.19. The maximum absolute atomic E-state index is 10.4. The third-order valence-electron chi connectivity index (χ3n) is 1.82. The molecular formula is C11H14O3. The number of hydrogen-bond acceptors (Lipinski definition) is 3. The Bertz CT molecular complexity index is 279. The quantitative estimate of drug-likeness (QED) is 0.576. The Morgan fingerprint density at radius 3 is 2.57 bits per heavy atom. The molecule has 0 heterocycles. The van der Waals surface area contributed by atoms with E-state index in [1.165, 1.54) is 0 Å². The minimum absolute atomic E-state index is 0.580. The third kappa shape index (κ3) is 3.18. The number of aliphatic hydroxyl groups is 1. The van der Waals surface area contributed by atoms with Crippen LogP contribution < -0.4 is 4.74 Å². The van der Waals surface area contributed by atoms with Crippen LogP contribution in [0.3, 0.4) is 0 Å². The molecule has 1 unspecified atom stereocenters. The monoisotopic (exact) mass is 194 g/mol. The van der Waals surface area contributed by atoms with E-state index in [0.29, 0.717) is 17.7 Å². The molecule has 0 amide bonds. The fourth-order valence-electron chi connectivity index (χ4n) is 1.09. The van der Waals surface area contributed by atoms with E-state index < -0.39 is 6.29 Å². The zero-order valence-corrected chi connectivity index (χ0v) is 8.14. The van der Waals surface area contributed by atoms with Crippen molar-refractivity contribution in [2.24, 2.45) is 0 Å². The lowest BCUT2D eigenvalue weighted by molar-refractivity contribution is -0.0233. The summed E-state index contributed by atoms with van der Waals surface area (Å²) >= 11 is 0. The fourth-order valence-corrected chi connectivity index (χ4v) is 1.09. The molecule has 0 aliphatic heterocycles. The standard InChI is InChI=1S/C11H14O3/c1-2-3-11(13)14-10-6-4-9(8-12)5-7-10/h4-8,11,13H,2-3H2,1H3. The molecule has 0 bridgehead atoms. The highest BCUT2D eigenvalue weighted by molar-refractivity contribution is 5.74. The van der Waals surface area contributed by atoms with Gasteiger partial charge in [-0.3, -0.25) is 4.79 Å². The Morgan fingerprint density at radius 2 is 2.07 bits per heavy atom. The van der Waals surface area contributed by atoms with E-state index in [-0.39, 0.29) is 0 Å². The minimum atomic E-state index is -0.762. The second kappa shape index (κ2) is 5.40. The van der Waals surface area contributed by atoms with Crippen LogP contribution in [0.4, 0.5) is 0 Å². The van der Waals surface area contributed by atoms with Crippen molar-refractivity contribution < 1.29 is 14.6 Å². The molecule has 0 aliphatic carbocycles. The largest absolute Gasteiger partial charge is 0.465 e. The highest BCUT2D eigenvalue weighted by atomic mass is 16.6. The first-order chi connectivity index (χ1) is 6.76.